The summed E-state index contributed by atoms with van der Waals surface area (Å²) in [7, 11) is 4.05. The van der Waals surface area contributed by atoms with E-state index >= 15 is 0 Å². The van der Waals surface area contributed by atoms with Crippen LogP contribution in [0.4, 0.5) is 5.69 Å². The minimum atomic E-state index is 0.889. The highest BCUT2D eigenvalue weighted by atomic mass is 32.1. The molecule has 1 aromatic carbocycles. The third kappa shape index (κ3) is 8.47. The van der Waals surface area contributed by atoms with Crippen LogP contribution in [0.5, 0.6) is 0 Å². The van der Waals surface area contributed by atoms with Gasteiger partial charge in [-0.2, -0.15) is 17.7 Å². The Morgan fingerprint density at radius 2 is 1.96 bits per heavy atom. The second-order valence-corrected chi connectivity index (χ2v) is 5.65. The summed E-state index contributed by atoms with van der Waals surface area (Å²) < 4.78 is 0. The van der Waals surface area contributed by atoms with Crippen LogP contribution in [0.2, 0.25) is 0 Å². The van der Waals surface area contributed by atoms with E-state index in [-0.39, 0.29) is 0 Å². The van der Waals surface area contributed by atoms with Crippen molar-refractivity contribution < 1.29 is 0 Å². The van der Waals surface area contributed by atoms with Crippen LogP contribution < -0.4 is 10.3 Å². The van der Waals surface area contributed by atoms with Crippen molar-refractivity contribution in [3.05, 3.63) is 54.3 Å². The van der Waals surface area contributed by atoms with Crippen molar-refractivity contribution in [2.75, 3.05) is 44.5 Å². The molecule has 0 aromatic heterocycles. The summed E-state index contributed by atoms with van der Waals surface area (Å²) in [6, 6.07) is 10.1. The van der Waals surface area contributed by atoms with Crippen LogP contribution in [0.15, 0.2) is 59.4 Å². The summed E-state index contributed by atoms with van der Waals surface area (Å²) in [4.78, 5) is 2.25. The smallest absolute Gasteiger partial charge is 0.0590 e. The first-order valence-electron chi connectivity index (χ1n) is 7.85. The van der Waals surface area contributed by atoms with Crippen LogP contribution >= 0.6 is 12.6 Å². The van der Waals surface area contributed by atoms with E-state index < -0.39 is 0 Å². The van der Waals surface area contributed by atoms with Gasteiger partial charge in [0.15, 0.2) is 0 Å². The molecule has 0 aliphatic carbocycles. The third-order valence-corrected chi connectivity index (χ3v) is 3.56. The first-order valence-corrected chi connectivity index (χ1v) is 8.49. The number of benzene rings is 1. The molecule has 0 heterocycles. The molecule has 0 bridgehead atoms. The zero-order chi connectivity index (χ0) is 16.9. The number of nitrogens with zero attached hydrogens (tertiary/aromatic N) is 3. The number of rotatable bonds is 10. The van der Waals surface area contributed by atoms with Crippen LogP contribution in [-0.2, 0) is 0 Å². The van der Waals surface area contributed by atoms with Gasteiger partial charge >= 0.3 is 0 Å². The second-order valence-electron chi connectivity index (χ2n) is 5.21. The molecule has 0 amide bonds. The zero-order valence-corrected chi connectivity index (χ0v) is 15.2. The summed E-state index contributed by atoms with van der Waals surface area (Å²) in [5.74, 6) is 0.889. The van der Waals surface area contributed by atoms with Gasteiger partial charge in [-0.05, 0) is 44.0 Å². The standard InChI is InChI=1S/C18H28N4S/c1-4-17(10-11-19-12-13-21(2)14-15-23)16-20-22(3)18-8-6-5-7-9-18/h4-11,16,19,23H,12-15H2,1-3H3/b11-10-,17-4+,20-16+. The number of hydrogen-bond donors (Lipinski definition) is 2. The third-order valence-electron chi connectivity index (χ3n) is 3.36. The topological polar surface area (TPSA) is 30.9 Å². The average molecular weight is 333 g/mol. The molecule has 0 fully saturated rings. The maximum atomic E-state index is 4.46. The van der Waals surface area contributed by atoms with Crippen LogP contribution in [0.3, 0.4) is 0 Å². The van der Waals surface area contributed by atoms with Gasteiger partial charge in [-0.1, -0.05) is 24.3 Å². The van der Waals surface area contributed by atoms with Crippen LogP contribution in [0, 0.1) is 0 Å². The second kappa shape index (κ2) is 11.8. The van der Waals surface area contributed by atoms with E-state index in [1.54, 1.807) is 0 Å². The summed E-state index contributed by atoms with van der Waals surface area (Å²) in [5.41, 5.74) is 2.12. The van der Waals surface area contributed by atoms with Crippen LogP contribution in [0.1, 0.15) is 6.92 Å². The predicted octanol–water partition coefficient (Wildman–Crippen LogP) is 3.02. The average Bonchev–Trinajstić information content (AvgIpc) is 2.58. The summed E-state index contributed by atoms with van der Waals surface area (Å²) >= 11 is 4.23. The maximum absolute atomic E-state index is 4.46. The molecular weight excluding hydrogens is 304 g/mol. The Morgan fingerprint density at radius 3 is 2.61 bits per heavy atom. The Morgan fingerprint density at radius 1 is 1.22 bits per heavy atom. The minimum Gasteiger partial charge on any atom is -0.390 e. The largest absolute Gasteiger partial charge is 0.390 e. The molecule has 23 heavy (non-hydrogen) atoms. The summed E-state index contributed by atoms with van der Waals surface area (Å²) in [6.07, 6.45) is 7.89. The van der Waals surface area contributed by atoms with Gasteiger partial charge in [0.2, 0.25) is 0 Å². The Bertz CT molecular complexity index is 511. The molecule has 0 spiro atoms. The Kier molecular flexibility index (Phi) is 9.91. The number of allylic oxidation sites excluding steroid dienone is 3. The SMILES string of the molecule is C/C=C(\C=C/NCCN(C)CCS)/C=N/N(C)c1ccccc1. The van der Waals surface area contributed by atoms with Crippen molar-refractivity contribution in [1.29, 1.82) is 0 Å². The zero-order valence-electron chi connectivity index (χ0n) is 14.3. The molecule has 1 rings (SSSR count). The Labute approximate surface area is 146 Å². The van der Waals surface area contributed by atoms with Crippen molar-refractivity contribution in [3.8, 4) is 0 Å². The van der Waals surface area contributed by atoms with Gasteiger partial charge in [0.1, 0.15) is 0 Å². The number of hydrazone groups is 1. The number of thiol groups is 1. The number of likely N-dealkylation sites (N-methyl/N-ethyl adjacent to an activating group) is 1. The normalized spacial score (nSPS) is 12.5. The fraction of sp³-hybridized carbons (Fsp3) is 0.389. The summed E-state index contributed by atoms with van der Waals surface area (Å²) in [6.45, 7) is 4.93. The molecular formula is C18H28N4S. The lowest BCUT2D eigenvalue weighted by Gasteiger charge is -2.14. The fourth-order valence-corrected chi connectivity index (χ4v) is 2.20. The van der Waals surface area contributed by atoms with E-state index in [1.807, 2.05) is 73.9 Å². The van der Waals surface area contributed by atoms with Crippen LogP contribution in [0.25, 0.3) is 0 Å². The van der Waals surface area contributed by atoms with Crippen molar-refractivity contribution >= 4 is 24.5 Å². The van der Waals surface area contributed by atoms with Crippen LogP contribution in [-0.4, -0.2) is 50.6 Å². The van der Waals surface area contributed by atoms with Gasteiger partial charge < -0.3 is 10.2 Å². The predicted molar refractivity (Wildman–Crippen MR) is 106 cm³/mol. The Hall–Kier alpha value is -1.72. The van der Waals surface area contributed by atoms with E-state index in [0.29, 0.717) is 0 Å². The molecule has 1 aromatic rings. The van der Waals surface area contributed by atoms with E-state index in [2.05, 4.69) is 35.0 Å². The molecule has 0 saturated heterocycles. The molecule has 126 valence electrons. The first kappa shape index (κ1) is 19.3. The lowest BCUT2D eigenvalue weighted by atomic mass is 10.3. The molecule has 0 atom stereocenters. The molecule has 5 heteroatoms. The molecule has 4 nitrogen and oxygen atoms in total. The van der Waals surface area contributed by atoms with Gasteiger partial charge in [-0.3, -0.25) is 5.01 Å². The molecule has 0 aliphatic heterocycles. The molecule has 1 N–H and O–H groups in total. The van der Waals surface area contributed by atoms with E-state index in [1.165, 1.54) is 0 Å². The van der Waals surface area contributed by atoms with Gasteiger partial charge in [0.05, 0.1) is 11.9 Å². The summed E-state index contributed by atoms with van der Waals surface area (Å²) in [5, 5.41) is 9.62. The maximum Gasteiger partial charge on any atom is 0.0590 e. The number of hydrogen-bond acceptors (Lipinski definition) is 5. The fourth-order valence-electron chi connectivity index (χ4n) is 1.85. The number of para-hydroxylation sites is 1. The van der Waals surface area contributed by atoms with Crippen molar-refractivity contribution in [3.63, 3.8) is 0 Å². The lowest BCUT2D eigenvalue weighted by molar-refractivity contribution is 0.359. The molecule has 0 radical (unpaired) electrons. The highest BCUT2D eigenvalue weighted by Gasteiger charge is 1.96. The lowest BCUT2D eigenvalue weighted by Crippen LogP contribution is -2.28. The number of anilines is 1. The van der Waals surface area contributed by atoms with Gasteiger partial charge in [-0.25, -0.2) is 0 Å². The molecule has 0 saturated carbocycles. The monoisotopic (exact) mass is 332 g/mol. The highest BCUT2D eigenvalue weighted by molar-refractivity contribution is 7.80. The molecule has 0 unspecified atom stereocenters. The van der Waals surface area contributed by atoms with Gasteiger partial charge in [-0.15, -0.1) is 0 Å². The Balaban J connectivity index is 2.39. The first-order chi connectivity index (χ1) is 11.2. The number of nitrogens with one attached hydrogen (secondary N) is 1. The van der Waals surface area contributed by atoms with Crippen molar-refractivity contribution in [1.82, 2.24) is 10.2 Å². The van der Waals surface area contributed by atoms with Crippen molar-refractivity contribution in [2.45, 2.75) is 6.92 Å². The van der Waals surface area contributed by atoms with E-state index in [4.69, 9.17) is 0 Å². The van der Waals surface area contributed by atoms with Gasteiger partial charge in [0, 0.05) is 32.4 Å². The van der Waals surface area contributed by atoms with Gasteiger partial charge in [0.25, 0.3) is 0 Å². The van der Waals surface area contributed by atoms with Crippen molar-refractivity contribution in [2.24, 2.45) is 5.10 Å². The minimum absolute atomic E-state index is 0.889. The highest BCUT2D eigenvalue weighted by Crippen LogP contribution is 2.10. The van der Waals surface area contributed by atoms with E-state index in [9.17, 15) is 0 Å². The quantitative estimate of drug-likeness (QED) is 0.227. The molecule has 0 aliphatic rings. The van der Waals surface area contributed by atoms with E-state index in [0.717, 1.165) is 36.6 Å².